The van der Waals surface area contributed by atoms with Crippen LogP contribution >= 0.6 is 0 Å². The van der Waals surface area contributed by atoms with Crippen molar-refractivity contribution in [2.75, 3.05) is 18.4 Å². The molecule has 0 unspecified atom stereocenters. The number of H-pyrrole nitrogens is 1. The van der Waals surface area contributed by atoms with Gasteiger partial charge in [0, 0.05) is 36.7 Å². The minimum absolute atomic E-state index is 0.0502. The number of amides is 2. The highest BCUT2D eigenvalue weighted by Crippen LogP contribution is 2.22. The van der Waals surface area contributed by atoms with Crippen LogP contribution in [0.4, 0.5) is 5.69 Å². The standard InChI is InChI=1S/C21H21N5O2/c27-20(23-17-6-2-1-3-7-17)16-5-4-12-26(14-16)21(28)19-13-18(24-25-19)15-8-10-22-11-9-15/h1-3,6-11,13,16H,4-5,12,14H2,(H,23,27)(H,24,25)/t16-/m0/s1. The maximum absolute atomic E-state index is 12.9. The molecule has 2 aromatic heterocycles. The average Bonchev–Trinajstić information content (AvgIpc) is 3.25. The van der Waals surface area contributed by atoms with Crippen LogP contribution in [0.5, 0.6) is 0 Å². The van der Waals surface area contributed by atoms with Gasteiger partial charge in [-0.25, -0.2) is 0 Å². The number of carbonyl (C=O) groups excluding carboxylic acids is 2. The summed E-state index contributed by atoms with van der Waals surface area (Å²) in [5, 5.41) is 9.99. The van der Waals surface area contributed by atoms with E-state index in [1.165, 1.54) is 0 Å². The van der Waals surface area contributed by atoms with Crippen LogP contribution in [0.3, 0.4) is 0 Å². The van der Waals surface area contributed by atoms with E-state index >= 15 is 0 Å². The van der Waals surface area contributed by atoms with Gasteiger partial charge in [-0.1, -0.05) is 18.2 Å². The summed E-state index contributed by atoms with van der Waals surface area (Å²) in [4.78, 5) is 31.2. The first-order chi connectivity index (χ1) is 13.7. The molecular weight excluding hydrogens is 354 g/mol. The Labute approximate surface area is 162 Å². The van der Waals surface area contributed by atoms with E-state index in [1.807, 2.05) is 42.5 Å². The molecule has 7 heteroatoms. The van der Waals surface area contributed by atoms with Gasteiger partial charge in [0.1, 0.15) is 5.69 Å². The van der Waals surface area contributed by atoms with Crippen LogP contribution in [-0.4, -0.2) is 45.0 Å². The van der Waals surface area contributed by atoms with E-state index in [0.29, 0.717) is 24.5 Å². The van der Waals surface area contributed by atoms with Gasteiger partial charge in [-0.3, -0.25) is 19.7 Å². The van der Waals surface area contributed by atoms with Crippen LogP contribution < -0.4 is 5.32 Å². The highest BCUT2D eigenvalue weighted by Gasteiger charge is 2.29. The molecule has 3 heterocycles. The molecule has 4 rings (SSSR count). The summed E-state index contributed by atoms with van der Waals surface area (Å²) in [6, 6.07) is 14.8. The molecule has 1 aliphatic rings. The third kappa shape index (κ3) is 3.93. The van der Waals surface area contributed by atoms with Crippen molar-refractivity contribution in [2.24, 2.45) is 5.92 Å². The lowest BCUT2D eigenvalue weighted by Crippen LogP contribution is -2.43. The zero-order chi connectivity index (χ0) is 19.3. The topological polar surface area (TPSA) is 91.0 Å². The lowest BCUT2D eigenvalue weighted by molar-refractivity contribution is -0.121. The Bertz CT molecular complexity index is 955. The minimum atomic E-state index is -0.222. The summed E-state index contributed by atoms with van der Waals surface area (Å²) in [6.45, 7) is 1.04. The quantitative estimate of drug-likeness (QED) is 0.733. The van der Waals surface area contributed by atoms with Crippen molar-refractivity contribution in [3.63, 3.8) is 0 Å². The summed E-state index contributed by atoms with van der Waals surface area (Å²) >= 11 is 0. The molecule has 0 bridgehead atoms. The van der Waals surface area contributed by atoms with E-state index < -0.39 is 0 Å². The van der Waals surface area contributed by atoms with Crippen LogP contribution in [0.25, 0.3) is 11.3 Å². The third-order valence-electron chi connectivity index (χ3n) is 4.91. The Balaban J connectivity index is 1.42. The van der Waals surface area contributed by atoms with Gasteiger partial charge in [0.05, 0.1) is 11.6 Å². The maximum Gasteiger partial charge on any atom is 0.271 e. The molecule has 1 aliphatic heterocycles. The number of piperidine rings is 1. The molecule has 0 spiro atoms. The third-order valence-corrected chi connectivity index (χ3v) is 4.91. The van der Waals surface area contributed by atoms with Crippen LogP contribution in [0, 0.1) is 5.92 Å². The van der Waals surface area contributed by atoms with Crippen molar-refractivity contribution >= 4 is 17.5 Å². The Morgan fingerprint density at radius 3 is 2.68 bits per heavy atom. The SMILES string of the molecule is O=C(Nc1ccccc1)[C@H]1CCCN(C(=O)c2cc(-c3ccncc3)n[nH]2)C1. The molecule has 0 aliphatic carbocycles. The highest BCUT2D eigenvalue weighted by atomic mass is 16.2. The molecule has 3 aromatic rings. The fourth-order valence-electron chi connectivity index (χ4n) is 3.41. The van der Waals surface area contributed by atoms with E-state index in [0.717, 1.165) is 24.1 Å². The largest absolute Gasteiger partial charge is 0.337 e. The monoisotopic (exact) mass is 375 g/mol. The predicted molar refractivity (Wildman–Crippen MR) is 106 cm³/mol. The molecule has 28 heavy (non-hydrogen) atoms. The lowest BCUT2D eigenvalue weighted by Gasteiger charge is -2.31. The summed E-state index contributed by atoms with van der Waals surface area (Å²) in [5.74, 6) is -0.406. The van der Waals surface area contributed by atoms with E-state index in [9.17, 15) is 9.59 Å². The Hall–Kier alpha value is -3.48. The molecule has 1 aromatic carbocycles. The second-order valence-corrected chi connectivity index (χ2v) is 6.85. The summed E-state index contributed by atoms with van der Waals surface area (Å²) in [5.41, 5.74) is 2.78. The fraction of sp³-hybridized carbons (Fsp3) is 0.238. The number of nitrogens with one attached hydrogen (secondary N) is 2. The molecule has 7 nitrogen and oxygen atoms in total. The maximum atomic E-state index is 12.9. The number of anilines is 1. The van der Waals surface area contributed by atoms with Crippen molar-refractivity contribution < 1.29 is 9.59 Å². The number of hydrogen-bond acceptors (Lipinski definition) is 4. The van der Waals surface area contributed by atoms with Crippen LogP contribution in [-0.2, 0) is 4.79 Å². The second kappa shape index (κ2) is 8.04. The van der Waals surface area contributed by atoms with Crippen LogP contribution in [0.15, 0.2) is 60.9 Å². The number of rotatable bonds is 4. The average molecular weight is 375 g/mol. The zero-order valence-electron chi connectivity index (χ0n) is 15.3. The molecule has 142 valence electrons. The van der Waals surface area contributed by atoms with Crippen LogP contribution in [0.1, 0.15) is 23.3 Å². The zero-order valence-corrected chi connectivity index (χ0v) is 15.3. The normalized spacial score (nSPS) is 16.6. The fourth-order valence-corrected chi connectivity index (χ4v) is 3.41. The Morgan fingerprint density at radius 2 is 1.89 bits per heavy atom. The van der Waals surface area contributed by atoms with E-state index in [1.54, 1.807) is 23.4 Å². The summed E-state index contributed by atoms with van der Waals surface area (Å²) in [6.07, 6.45) is 4.94. The molecule has 1 atom stereocenters. The predicted octanol–water partition coefficient (Wildman–Crippen LogP) is 2.96. The van der Waals surface area contributed by atoms with Crippen LogP contribution in [0.2, 0.25) is 0 Å². The van der Waals surface area contributed by atoms with Gasteiger partial charge in [-0.05, 0) is 43.2 Å². The van der Waals surface area contributed by atoms with Gasteiger partial charge in [0.25, 0.3) is 5.91 Å². The molecule has 0 radical (unpaired) electrons. The number of benzene rings is 1. The number of aromatic amines is 1. The van der Waals surface area contributed by atoms with Crippen molar-refractivity contribution in [3.05, 3.63) is 66.6 Å². The molecule has 2 N–H and O–H groups in total. The van der Waals surface area contributed by atoms with Gasteiger partial charge >= 0.3 is 0 Å². The van der Waals surface area contributed by atoms with E-state index in [2.05, 4.69) is 20.5 Å². The molecular formula is C21H21N5O2. The van der Waals surface area contributed by atoms with E-state index in [-0.39, 0.29) is 17.7 Å². The van der Waals surface area contributed by atoms with E-state index in [4.69, 9.17) is 0 Å². The number of likely N-dealkylation sites (tertiary alicyclic amines) is 1. The number of aromatic nitrogens is 3. The molecule has 1 saturated heterocycles. The highest BCUT2D eigenvalue weighted by molar-refractivity contribution is 5.95. The molecule has 1 fully saturated rings. The van der Waals surface area contributed by atoms with Crippen molar-refractivity contribution in [2.45, 2.75) is 12.8 Å². The van der Waals surface area contributed by atoms with Gasteiger partial charge in [0.15, 0.2) is 0 Å². The lowest BCUT2D eigenvalue weighted by atomic mass is 9.96. The van der Waals surface area contributed by atoms with Gasteiger partial charge in [0.2, 0.25) is 5.91 Å². The summed E-state index contributed by atoms with van der Waals surface area (Å²) in [7, 11) is 0. The second-order valence-electron chi connectivity index (χ2n) is 6.85. The molecule has 0 saturated carbocycles. The Morgan fingerprint density at radius 1 is 1.11 bits per heavy atom. The minimum Gasteiger partial charge on any atom is -0.337 e. The first-order valence-corrected chi connectivity index (χ1v) is 9.32. The van der Waals surface area contributed by atoms with Crippen molar-refractivity contribution in [3.8, 4) is 11.3 Å². The summed E-state index contributed by atoms with van der Waals surface area (Å²) < 4.78 is 0. The Kier molecular flexibility index (Phi) is 5.14. The number of hydrogen-bond donors (Lipinski definition) is 2. The first kappa shape index (κ1) is 17.9. The molecule has 2 amide bonds. The number of carbonyl (C=O) groups is 2. The van der Waals surface area contributed by atoms with Gasteiger partial charge in [-0.2, -0.15) is 5.10 Å². The van der Waals surface area contributed by atoms with Crippen molar-refractivity contribution in [1.82, 2.24) is 20.1 Å². The number of pyridine rings is 1. The van der Waals surface area contributed by atoms with Crippen molar-refractivity contribution in [1.29, 1.82) is 0 Å². The smallest absolute Gasteiger partial charge is 0.271 e. The van der Waals surface area contributed by atoms with Gasteiger partial charge < -0.3 is 10.2 Å². The number of nitrogens with zero attached hydrogens (tertiary/aromatic N) is 3. The van der Waals surface area contributed by atoms with Gasteiger partial charge in [-0.15, -0.1) is 0 Å². The first-order valence-electron chi connectivity index (χ1n) is 9.32. The number of para-hydroxylation sites is 1.